The molecule has 7 rings (SSSR count). The summed E-state index contributed by atoms with van der Waals surface area (Å²) in [6.07, 6.45) is 3.77. The third-order valence-electron chi connectivity index (χ3n) is 8.89. The van der Waals surface area contributed by atoms with E-state index in [2.05, 4.69) is 15.5 Å². The van der Waals surface area contributed by atoms with Crippen LogP contribution in [0.1, 0.15) is 45.3 Å². The number of aromatic nitrogens is 2. The fourth-order valence-corrected chi connectivity index (χ4v) is 6.95. The number of aliphatic hydroxyl groups excluding tert-OH is 1. The van der Waals surface area contributed by atoms with Gasteiger partial charge in [-0.05, 0) is 67.3 Å². The zero-order valence-electron chi connectivity index (χ0n) is 24.0. The summed E-state index contributed by atoms with van der Waals surface area (Å²) in [5.41, 5.74) is 0.265. The number of fused-ring (bicyclic) bond motifs is 4. The van der Waals surface area contributed by atoms with Gasteiger partial charge in [-0.15, -0.1) is 0 Å². The third kappa shape index (κ3) is 4.19. The molecule has 0 bridgehead atoms. The molecule has 1 fully saturated rings. The second-order valence-corrected chi connectivity index (χ2v) is 11.7. The molecule has 224 valence electrons. The molecule has 4 atom stereocenters. The molecule has 0 amide bonds. The number of ether oxygens (including phenoxy) is 1. The van der Waals surface area contributed by atoms with Crippen LogP contribution < -0.4 is 10.1 Å². The lowest BCUT2D eigenvalue weighted by Gasteiger charge is -2.49. The number of Topliss-reactive ketones (excluding diaryl/α,β-unsaturated/α-hetero) is 2. The van der Waals surface area contributed by atoms with E-state index in [9.17, 15) is 24.9 Å². The van der Waals surface area contributed by atoms with Gasteiger partial charge in [-0.3, -0.25) is 19.5 Å². The molecule has 4 aromatic rings. The Balaban J connectivity index is 1.28. The number of benzene rings is 2. The smallest absolute Gasteiger partial charge is 0.265 e. The molecule has 0 spiro atoms. The molecule has 2 aromatic carbocycles. The predicted octanol–water partition coefficient (Wildman–Crippen LogP) is 4.36. The lowest BCUT2D eigenvalue weighted by Crippen LogP contribution is -2.63. The number of aromatic hydroxyl groups is 1. The van der Waals surface area contributed by atoms with E-state index in [4.69, 9.17) is 9.26 Å². The van der Waals surface area contributed by atoms with E-state index in [1.165, 1.54) is 6.07 Å². The summed E-state index contributed by atoms with van der Waals surface area (Å²) in [4.78, 5) is 34.2. The van der Waals surface area contributed by atoms with Crippen LogP contribution in [0.25, 0.3) is 5.76 Å². The monoisotopic (exact) mass is 594 g/mol. The molecular formula is C33H30N4O7. The van der Waals surface area contributed by atoms with E-state index in [0.29, 0.717) is 17.7 Å². The lowest BCUT2D eigenvalue weighted by molar-refractivity contribution is -0.142. The standard InChI is InChI=1S/C33H30N4O7/c1-37(2)27-22-14-19-12-18-13-21(35-20-8-10-34-11-9-20)15-23(38)24(18)28(39)25(19)30(40)33(22,42)31(41)26-29(27)44-36-32(26)43-16-17-6-4-3-5-7-17/h3-11,13,15,19,22,27,38-39,42H,12,14,16H2,1-2H3,(H,34,35)/t19-,22-,27-,33-/m0/s1. The molecule has 11 nitrogen and oxygen atoms in total. The molecule has 4 N–H and O–H groups in total. The number of nitrogens with one attached hydrogen (secondary N) is 1. The van der Waals surface area contributed by atoms with Gasteiger partial charge in [-0.25, -0.2) is 0 Å². The van der Waals surface area contributed by atoms with Crippen LogP contribution >= 0.6 is 0 Å². The Morgan fingerprint density at radius 2 is 1.77 bits per heavy atom. The molecule has 0 aliphatic heterocycles. The Labute approximate surface area is 252 Å². The fraction of sp³-hybridized carbons (Fsp3) is 0.273. The number of nitrogens with zero attached hydrogens (tertiary/aromatic N) is 3. The quantitative estimate of drug-likeness (QED) is 0.235. The minimum atomic E-state index is -2.51. The summed E-state index contributed by atoms with van der Waals surface area (Å²) < 4.78 is 11.5. The number of phenolic OH excluding ortho intramolecular Hbond substituents is 1. The summed E-state index contributed by atoms with van der Waals surface area (Å²) in [5.74, 6) is -3.75. The molecular weight excluding hydrogens is 564 g/mol. The highest BCUT2D eigenvalue weighted by molar-refractivity contribution is 6.26. The van der Waals surface area contributed by atoms with Crippen molar-refractivity contribution in [2.24, 2.45) is 11.8 Å². The van der Waals surface area contributed by atoms with Crippen LogP contribution in [0.3, 0.4) is 0 Å². The van der Waals surface area contributed by atoms with E-state index in [-0.39, 0.29) is 47.1 Å². The van der Waals surface area contributed by atoms with Crippen LogP contribution in [0.4, 0.5) is 11.4 Å². The van der Waals surface area contributed by atoms with Gasteiger partial charge < -0.3 is 29.9 Å². The number of pyridine rings is 1. The average Bonchev–Trinajstić information content (AvgIpc) is 3.42. The number of phenols is 1. The van der Waals surface area contributed by atoms with Gasteiger partial charge in [0, 0.05) is 41.3 Å². The summed E-state index contributed by atoms with van der Waals surface area (Å²) in [5, 5.41) is 41.8. The molecule has 2 heterocycles. The Morgan fingerprint density at radius 1 is 1.02 bits per heavy atom. The van der Waals surface area contributed by atoms with E-state index in [1.54, 1.807) is 43.5 Å². The van der Waals surface area contributed by atoms with Gasteiger partial charge in [-0.2, -0.15) is 0 Å². The van der Waals surface area contributed by atoms with Crippen LogP contribution in [-0.2, 0) is 17.8 Å². The Kier molecular flexibility index (Phi) is 6.52. The van der Waals surface area contributed by atoms with Crippen molar-refractivity contribution in [1.29, 1.82) is 0 Å². The minimum absolute atomic E-state index is 0.0705. The van der Waals surface area contributed by atoms with Gasteiger partial charge in [0.25, 0.3) is 5.88 Å². The Bertz CT molecular complexity index is 1820. The highest BCUT2D eigenvalue weighted by Crippen LogP contribution is 2.56. The van der Waals surface area contributed by atoms with E-state index in [1.807, 2.05) is 36.4 Å². The average molecular weight is 595 g/mol. The number of hydrogen-bond donors (Lipinski definition) is 4. The second-order valence-electron chi connectivity index (χ2n) is 11.7. The van der Waals surface area contributed by atoms with Gasteiger partial charge in [0.1, 0.15) is 23.7 Å². The van der Waals surface area contributed by atoms with Crippen molar-refractivity contribution >= 4 is 28.7 Å². The Morgan fingerprint density at radius 3 is 2.50 bits per heavy atom. The topological polar surface area (TPSA) is 158 Å². The summed E-state index contributed by atoms with van der Waals surface area (Å²) in [7, 11) is 3.55. The van der Waals surface area contributed by atoms with Crippen molar-refractivity contribution in [1.82, 2.24) is 15.0 Å². The molecule has 3 aliphatic carbocycles. The highest BCUT2D eigenvalue weighted by Gasteiger charge is 2.65. The maximum Gasteiger partial charge on any atom is 0.265 e. The van der Waals surface area contributed by atoms with Crippen molar-refractivity contribution < 1.29 is 34.2 Å². The number of anilines is 2. The second kappa shape index (κ2) is 10.3. The van der Waals surface area contributed by atoms with E-state index in [0.717, 1.165) is 11.3 Å². The molecule has 3 aliphatic rings. The first-order valence-electron chi connectivity index (χ1n) is 14.3. The number of hydrogen-bond acceptors (Lipinski definition) is 11. The number of ketones is 2. The first-order valence-corrected chi connectivity index (χ1v) is 14.3. The zero-order valence-corrected chi connectivity index (χ0v) is 24.0. The van der Waals surface area contributed by atoms with Crippen molar-refractivity contribution in [2.75, 3.05) is 19.4 Å². The Hall–Kier alpha value is -5.00. The normalized spacial score (nSPS) is 24.0. The summed E-state index contributed by atoms with van der Waals surface area (Å²) in [6.45, 7) is 0.0949. The van der Waals surface area contributed by atoms with Gasteiger partial charge >= 0.3 is 0 Å². The van der Waals surface area contributed by atoms with Crippen molar-refractivity contribution in [3.05, 3.63) is 101 Å². The number of rotatable bonds is 6. The SMILES string of the molecule is CN(C)[C@@H]1c2onc(OCc3ccccc3)c2C(=O)[C@@]2(O)C(=O)C3=C(O)c4c(O)cc(Nc5ccncc5)cc4C[C@H]3C[C@@H]12. The maximum atomic E-state index is 14.3. The molecule has 11 heteroatoms. The van der Waals surface area contributed by atoms with E-state index < -0.39 is 40.8 Å². The highest BCUT2D eigenvalue weighted by atomic mass is 16.5. The van der Waals surface area contributed by atoms with Crippen LogP contribution in [-0.4, -0.2) is 61.6 Å². The lowest BCUT2D eigenvalue weighted by atomic mass is 9.57. The molecule has 0 unspecified atom stereocenters. The third-order valence-corrected chi connectivity index (χ3v) is 8.89. The number of carbonyl (C=O) groups is 2. The van der Waals surface area contributed by atoms with Crippen LogP contribution in [0.5, 0.6) is 11.6 Å². The minimum Gasteiger partial charge on any atom is -0.507 e. The predicted molar refractivity (Wildman–Crippen MR) is 158 cm³/mol. The fourth-order valence-electron chi connectivity index (χ4n) is 6.95. The molecule has 44 heavy (non-hydrogen) atoms. The van der Waals surface area contributed by atoms with E-state index >= 15 is 0 Å². The maximum absolute atomic E-state index is 14.3. The zero-order chi connectivity index (χ0) is 30.7. The molecule has 2 aromatic heterocycles. The molecule has 0 saturated heterocycles. The summed E-state index contributed by atoms with van der Waals surface area (Å²) in [6, 6.07) is 15.4. The van der Waals surface area contributed by atoms with Gasteiger partial charge in [0.15, 0.2) is 11.4 Å². The first-order chi connectivity index (χ1) is 21.2. The van der Waals surface area contributed by atoms with Gasteiger partial charge in [-0.1, -0.05) is 30.3 Å². The van der Waals surface area contributed by atoms with Crippen LogP contribution in [0.2, 0.25) is 0 Å². The molecule has 1 saturated carbocycles. The molecule has 0 radical (unpaired) electrons. The first kappa shape index (κ1) is 27.8. The number of carbonyl (C=O) groups excluding carboxylic acids is 2. The van der Waals surface area contributed by atoms with Crippen molar-refractivity contribution in [3.63, 3.8) is 0 Å². The van der Waals surface area contributed by atoms with Crippen LogP contribution in [0.15, 0.2) is 77.1 Å². The summed E-state index contributed by atoms with van der Waals surface area (Å²) >= 11 is 0. The van der Waals surface area contributed by atoms with Gasteiger partial charge in [0.05, 0.1) is 11.6 Å². The van der Waals surface area contributed by atoms with Crippen molar-refractivity contribution in [3.8, 4) is 11.6 Å². The van der Waals surface area contributed by atoms with Crippen LogP contribution in [0, 0.1) is 11.8 Å². The van der Waals surface area contributed by atoms with Gasteiger partial charge in [0.2, 0.25) is 11.6 Å². The largest absolute Gasteiger partial charge is 0.507 e. The van der Waals surface area contributed by atoms with Crippen molar-refractivity contribution in [2.45, 2.75) is 31.1 Å². The number of aliphatic hydroxyl groups is 2.